The predicted molar refractivity (Wildman–Crippen MR) is 97.9 cm³/mol. The summed E-state index contributed by atoms with van der Waals surface area (Å²) in [5, 5.41) is 8.39. The van der Waals surface area contributed by atoms with E-state index >= 15 is 0 Å². The number of imide groups is 1. The molecule has 2 amide bonds. The van der Waals surface area contributed by atoms with Crippen LogP contribution in [0.25, 0.3) is 6.08 Å². The second-order valence-corrected chi connectivity index (χ2v) is 7.84. The molecule has 0 saturated carbocycles. The van der Waals surface area contributed by atoms with Crippen LogP contribution in [0.3, 0.4) is 0 Å². The maximum absolute atomic E-state index is 12.3. The highest BCUT2D eigenvalue weighted by molar-refractivity contribution is 9.11. The van der Waals surface area contributed by atoms with Gasteiger partial charge in [0.25, 0.3) is 11.1 Å². The highest BCUT2D eigenvalue weighted by atomic mass is 79.9. The van der Waals surface area contributed by atoms with Gasteiger partial charge in [-0.25, -0.2) is 4.79 Å². The van der Waals surface area contributed by atoms with Gasteiger partial charge in [-0.15, -0.1) is 0 Å². The fourth-order valence-corrected chi connectivity index (χ4v) is 4.42. The van der Waals surface area contributed by atoms with Crippen LogP contribution in [-0.2, 0) is 9.59 Å². The topological polar surface area (TPSA) is 83.9 Å². The number of ether oxygens (including phenoxy) is 1. The molecule has 6 nitrogen and oxygen atoms in total. The number of amides is 2. The summed E-state index contributed by atoms with van der Waals surface area (Å²) in [6.45, 7) is 3.09. The second-order valence-electron chi connectivity index (χ2n) is 5.14. The van der Waals surface area contributed by atoms with Gasteiger partial charge in [0.2, 0.25) is 0 Å². The van der Waals surface area contributed by atoms with Crippen molar-refractivity contribution in [3.8, 4) is 5.75 Å². The summed E-state index contributed by atoms with van der Waals surface area (Å²) in [7, 11) is 0. The number of nitrogens with zero attached hydrogens (tertiary/aromatic N) is 1. The van der Waals surface area contributed by atoms with E-state index in [9.17, 15) is 14.4 Å². The van der Waals surface area contributed by atoms with E-state index in [0.717, 1.165) is 11.8 Å². The Hall–Kier alpha value is -1.32. The molecule has 0 bridgehead atoms. The predicted octanol–water partition coefficient (Wildman–Crippen LogP) is 4.12. The summed E-state index contributed by atoms with van der Waals surface area (Å²) in [5.74, 6) is -1.05. The molecule has 1 aliphatic heterocycles. The van der Waals surface area contributed by atoms with Crippen molar-refractivity contribution in [2.45, 2.75) is 19.9 Å². The van der Waals surface area contributed by atoms with Gasteiger partial charge in [0.1, 0.15) is 5.75 Å². The Morgan fingerprint density at radius 2 is 1.92 bits per heavy atom. The molecule has 1 heterocycles. The number of hydrogen-bond donors (Lipinski definition) is 1. The summed E-state index contributed by atoms with van der Waals surface area (Å²) in [6, 6.07) is 3.17. The zero-order valence-electron chi connectivity index (χ0n) is 12.7. The number of carbonyl (C=O) groups excluding carboxylic acids is 2. The Bertz CT molecular complexity index is 724. The first-order valence-electron chi connectivity index (χ1n) is 6.81. The second kappa shape index (κ2) is 7.71. The Balaban J connectivity index is 2.29. The van der Waals surface area contributed by atoms with E-state index in [0.29, 0.717) is 25.2 Å². The lowest BCUT2D eigenvalue weighted by atomic mass is 10.2. The Kier molecular flexibility index (Phi) is 6.11. The van der Waals surface area contributed by atoms with Crippen molar-refractivity contribution in [2.24, 2.45) is 0 Å². The molecule has 128 valence electrons. The van der Waals surface area contributed by atoms with Crippen molar-refractivity contribution in [1.29, 1.82) is 0 Å². The molecule has 0 radical (unpaired) electrons. The molecule has 1 N–H and O–H groups in total. The number of carboxylic acids is 1. The molecule has 1 fully saturated rings. The molecule has 2 rings (SSSR count). The summed E-state index contributed by atoms with van der Waals surface area (Å²) in [4.78, 5) is 36.3. The number of carbonyl (C=O) groups is 3. The highest BCUT2D eigenvalue weighted by Crippen LogP contribution is 2.38. The third kappa shape index (κ3) is 4.20. The molecule has 0 unspecified atom stereocenters. The molecule has 1 saturated heterocycles. The maximum atomic E-state index is 12.3. The van der Waals surface area contributed by atoms with E-state index in [1.165, 1.54) is 4.90 Å². The normalized spacial score (nSPS) is 16.4. The minimum absolute atomic E-state index is 0.200. The number of halogens is 2. The van der Waals surface area contributed by atoms with Gasteiger partial charge in [0, 0.05) is 6.04 Å². The monoisotopic (exact) mass is 477 g/mol. The Morgan fingerprint density at radius 1 is 1.33 bits per heavy atom. The van der Waals surface area contributed by atoms with Crippen LogP contribution >= 0.6 is 43.6 Å². The van der Waals surface area contributed by atoms with Gasteiger partial charge >= 0.3 is 5.97 Å². The zero-order valence-corrected chi connectivity index (χ0v) is 16.7. The lowest BCUT2D eigenvalue weighted by Crippen LogP contribution is -2.34. The van der Waals surface area contributed by atoms with E-state index in [2.05, 4.69) is 31.9 Å². The van der Waals surface area contributed by atoms with Crippen molar-refractivity contribution < 1.29 is 24.2 Å². The molecule has 1 aromatic carbocycles. The average molecular weight is 479 g/mol. The molecule has 0 spiro atoms. The summed E-state index contributed by atoms with van der Waals surface area (Å²) in [5.41, 5.74) is 0.672. The Labute approximate surface area is 159 Å². The Morgan fingerprint density at radius 3 is 2.38 bits per heavy atom. The van der Waals surface area contributed by atoms with Gasteiger partial charge in [-0.3, -0.25) is 14.5 Å². The molecule has 0 aromatic heterocycles. The number of thioether (sulfide) groups is 1. The lowest BCUT2D eigenvalue weighted by Gasteiger charge is -2.16. The average Bonchev–Trinajstić information content (AvgIpc) is 2.72. The fourth-order valence-electron chi connectivity index (χ4n) is 2.01. The number of benzene rings is 1. The van der Waals surface area contributed by atoms with E-state index in [4.69, 9.17) is 9.84 Å². The third-order valence-electron chi connectivity index (χ3n) is 3.00. The van der Waals surface area contributed by atoms with Crippen LogP contribution in [0.4, 0.5) is 4.79 Å². The van der Waals surface area contributed by atoms with E-state index < -0.39 is 12.6 Å². The van der Waals surface area contributed by atoms with Crippen molar-refractivity contribution in [3.05, 3.63) is 31.5 Å². The summed E-state index contributed by atoms with van der Waals surface area (Å²) < 4.78 is 6.26. The van der Waals surface area contributed by atoms with Crippen LogP contribution in [0.15, 0.2) is 26.0 Å². The fraction of sp³-hybridized carbons (Fsp3) is 0.267. The lowest BCUT2D eigenvalue weighted by molar-refractivity contribution is -0.139. The molecule has 1 aliphatic rings. The van der Waals surface area contributed by atoms with Crippen molar-refractivity contribution in [3.63, 3.8) is 0 Å². The first-order valence-corrected chi connectivity index (χ1v) is 9.21. The van der Waals surface area contributed by atoms with E-state index in [1.807, 2.05) is 0 Å². The first kappa shape index (κ1) is 19.0. The number of rotatable bonds is 5. The van der Waals surface area contributed by atoms with Crippen molar-refractivity contribution >= 4 is 66.8 Å². The van der Waals surface area contributed by atoms with Crippen LogP contribution in [0.2, 0.25) is 0 Å². The smallest absolute Gasteiger partial charge is 0.341 e. The summed E-state index contributed by atoms with van der Waals surface area (Å²) in [6.07, 6.45) is 1.61. The summed E-state index contributed by atoms with van der Waals surface area (Å²) >= 11 is 7.52. The SMILES string of the molecule is CC(C)N1C(=O)S/C(=C/c2cc(Br)c(OCC(=O)O)c(Br)c2)C1=O. The largest absolute Gasteiger partial charge is 0.480 e. The van der Waals surface area contributed by atoms with Gasteiger partial charge in [-0.1, -0.05) is 0 Å². The molecular weight excluding hydrogens is 466 g/mol. The molecule has 9 heteroatoms. The minimum atomic E-state index is -1.08. The van der Waals surface area contributed by atoms with Gasteiger partial charge in [0.15, 0.2) is 6.61 Å². The third-order valence-corrected chi connectivity index (χ3v) is 5.06. The van der Waals surface area contributed by atoms with Crippen LogP contribution < -0.4 is 4.74 Å². The standard InChI is InChI=1S/C15H13Br2NO5S/c1-7(2)18-14(21)11(24-15(18)22)5-8-3-9(16)13(10(17)4-8)23-6-12(19)20/h3-5,7H,6H2,1-2H3,(H,19,20)/b11-5+. The van der Waals surface area contributed by atoms with E-state index in [1.54, 1.807) is 32.1 Å². The van der Waals surface area contributed by atoms with Crippen LogP contribution in [0.1, 0.15) is 19.4 Å². The van der Waals surface area contributed by atoms with Crippen LogP contribution in [-0.4, -0.2) is 39.8 Å². The first-order chi connectivity index (χ1) is 11.2. The van der Waals surface area contributed by atoms with Crippen molar-refractivity contribution in [2.75, 3.05) is 6.61 Å². The van der Waals surface area contributed by atoms with Gasteiger partial charge in [-0.2, -0.15) is 0 Å². The highest BCUT2D eigenvalue weighted by Gasteiger charge is 2.36. The number of aliphatic carboxylic acids is 1. The van der Waals surface area contributed by atoms with Crippen LogP contribution in [0.5, 0.6) is 5.75 Å². The number of carboxylic acid groups (broad SMARTS) is 1. The van der Waals surface area contributed by atoms with Gasteiger partial charge in [0.05, 0.1) is 13.9 Å². The van der Waals surface area contributed by atoms with Gasteiger partial charge in [-0.05, 0) is 81.2 Å². The quantitative estimate of drug-likeness (QED) is 0.641. The molecular formula is C15H13Br2NO5S. The zero-order chi connectivity index (χ0) is 18.0. The maximum Gasteiger partial charge on any atom is 0.341 e. The minimum Gasteiger partial charge on any atom is -0.480 e. The molecule has 24 heavy (non-hydrogen) atoms. The van der Waals surface area contributed by atoms with Gasteiger partial charge < -0.3 is 9.84 Å². The van der Waals surface area contributed by atoms with Crippen LogP contribution in [0, 0.1) is 0 Å². The number of hydrogen-bond acceptors (Lipinski definition) is 5. The van der Waals surface area contributed by atoms with E-state index in [-0.39, 0.29) is 17.2 Å². The molecule has 0 atom stereocenters. The van der Waals surface area contributed by atoms with Crippen molar-refractivity contribution in [1.82, 2.24) is 4.90 Å². The molecule has 0 aliphatic carbocycles. The molecule has 1 aromatic rings.